The zero-order chi connectivity index (χ0) is 22.4. The second kappa shape index (κ2) is 10.3. The molecule has 1 atom stereocenters. The minimum atomic E-state index is -0.394. The van der Waals surface area contributed by atoms with E-state index < -0.39 is 5.25 Å². The van der Waals surface area contributed by atoms with E-state index in [9.17, 15) is 9.59 Å². The summed E-state index contributed by atoms with van der Waals surface area (Å²) in [5.41, 5.74) is 1.09. The summed E-state index contributed by atoms with van der Waals surface area (Å²) in [6, 6.07) is 13.6. The molecule has 2 N–H and O–H groups in total. The molecule has 0 saturated carbocycles. The van der Waals surface area contributed by atoms with Gasteiger partial charge in [-0.15, -0.1) is 11.8 Å². The minimum absolute atomic E-state index is 0.209. The van der Waals surface area contributed by atoms with Gasteiger partial charge in [-0.2, -0.15) is 0 Å². The van der Waals surface area contributed by atoms with Crippen molar-refractivity contribution < 1.29 is 23.5 Å². The van der Waals surface area contributed by atoms with Crippen LogP contribution >= 0.6 is 23.4 Å². The maximum atomic E-state index is 12.7. The van der Waals surface area contributed by atoms with Crippen molar-refractivity contribution in [1.82, 2.24) is 0 Å². The van der Waals surface area contributed by atoms with Gasteiger partial charge < -0.3 is 24.5 Å². The Morgan fingerprint density at radius 2 is 1.74 bits per heavy atom. The van der Waals surface area contributed by atoms with Crippen LogP contribution in [0.5, 0.6) is 11.5 Å². The Morgan fingerprint density at radius 1 is 1.03 bits per heavy atom. The Labute approximate surface area is 189 Å². The van der Waals surface area contributed by atoms with Crippen molar-refractivity contribution in [2.75, 3.05) is 24.9 Å². The molecule has 31 heavy (non-hydrogen) atoms. The van der Waals surface area contributed by atoms with Gasteiger partial charge in [0.05, 0.1) is 36.4 Å². The lowest BCUT2D eigenvalue weighted by molar-refractivity contribution is -0.115. The second-order valence-corrected chi connectivity index (χ2v) is 8.21. The van der Waals surface area contributed by atoms with Gasteiger partial charge >= 0.3 is 0 Å². The molecule has 0 aliphatic carbocycles. The zero-order valence-corrected chi connectivity index (χ0v) is 18.7. The fourth-order valence-corrected chi connectivity index (χ4v) is 3.78. The van der Waals surface area contributed by atoms with E-state index in [2.05, 4.69) is 10.6 Å². The molecule has 7 nitrogen and oxygen atoms in total. The normalized spacial score (nSPS) is 11.5. The number of nitrogens with one attached hydrogen (secondary N) is 2. The highest BCUT2D eigenvalue weighted by Crippen LogP contribution is 2.36. The van der Waals surface area contributed by atoms with E-state index in [0.717, 1.165) is 4.90 Å². The monoisotopic (exact) mass is 460 g/mol. The maximum absolute atomic E-state index is 12.7. The summed E-state index contributed by atoms with van der Waals surface area (Å²) in [4.78, 5) is 25.6. The lowest BCUT2D eigenvalue weighted by Crippen LogP contribution is -2.22. The molecule has 3 aromatic rings. The quantitative estimate of drug-likeness (QED) is 0.442. The summed E-state index contributed by atoms with van der Waals surface area (Å²) in [7, 11) is 3.01. The lowest BCUT2D eigenvalue weighted by atomic mass is 10.2. The highest BCUT2D eigenvalue weighted by Gasteiger charge is 2.18. The van der Waals surface area contributed by atoms with Crippen molar-refractivity contribution in [3.8, 4) is 11.5 Å². The number of halogens is 1. The van der Waals surface area contributed by atoms with Crippen molar-refractivity contribution >= 4 is 46.6 Å². The third kappa shape index (κ3) is 5.74. The number of thioether (sulfide) groups is 1. The molecule has 0 bridgehead atoms. The van der Waals surface area contributed by atoms with Crippen LogP contribution in [0.15, 0.2) is 64.1 Å². The smallest absolute Gasteiger partial charge is 0.291 e. The number of methoxy groups -OCH3 is 2. The summed E-state index contributed by atoms with van der Waals surface area (Å²) in [5, 5.41) is 5.56. The molecule has 0 aliphatic rings. The highest BCUT2D eigenvalue weighted by molar-refractivity contribution is 8.00. The van der Waals surface area contributed by atoms with Gasteiger partial charge in [0, 0.05) is 16.6 Å². The molecule has 3 rings (SSSR count). The largest absolute Gasteiger partial charge is 0.495 e. The van der Waals surface area contributed by atoms with Crippen LogP contribution in [-0.4, -0.2) is 31.3 Å². The predicted octanol–water partition coefficient (Wildman–Crippen LogP) is 5.32. The summed E-state index contributed by atoms with van der Waals surface area (Å²) in [5.74, 6) is 0.601. The van der Waals surface area contributed by atoms with E-state index in [-0.39, 0.29) is 17.6 Å². The highest BCUT2D eigenvalue weighted by atomic mass is 35.5. The first-order chi connectivity index (χ1) is 14.9. The number of carbonyl (C=O) groups is 2. The van der Waals surface area contributed by atoms with Gasteiger partial charge in [0.15, 0.2) is 5.76 Å². The third-order valence-electron chi connectivity index (χ3n) is 4.27. The van der Waals surface area contributed by atoms with Gasteiger partial charge in [0.25, 0.3) is 5.91 Å². The average molecular weight is 461 g/mol. The SMILES string of the molecule is COc1cc(OC)c(NC(=O)C(C)Sc2ccc(NC(=O)c3ccco3)cc2)cc1Cl. The number of anilines is 2. The topological polar surface area (TPSA) is 89.8 Å². The summed E-state index contributed by atoms with van der Waals surface area (Å²) < 4.78 is 15.6. The number of benzene rings is 2. The average Bonchev–Trinajstić information content (AvgIpc) is 3.30. The second-order valence-electron chi connectivity index (χ2n) is 6.39. The van der Waals surface area contributed by atoms with Crippen molar-refractivity contribution in [2.24, 2.45) is 0 Å². The number of ether oxygens (including phenoxy) is 2. The van der Waals surface area contributed by atoms with Crippen LogP contribution in [0, 0.1) is 0 Å². The van der Waals surface area contributed by atoms with E-state index in [1.807, 2.05) is 12.1 Å². The van der Waals surface area contributed by atoms with Crippen LogP contribution in [0.3, 0.4) is 0 Å². The van der Waals surface area contributed by atoms with Crippen molar-refractivity contribution in [3.63, 3.8) is 0 Å². The minimum Gasteiger partial charge on any atom is -0.495 e. The first kappa shape index (κ1) is 22.6. The van der Waals surface area contributed by atoms with Crippen LogP contribution in [0.2, 0.25) is 5.02 Å². The Bertz CT molecular complexity index is 1050. The van der Waals surface area contributed by atoms with Gasteiger partial charge in [-0.3, -0.25) is 9.59 Å². The van der Waals surface area contributed by atoms with Crippen LogP contribution in [0.25, 0.3) is 0 Å². The first-order valence-electron chi connectivity index (χ1n) is 9.25. The van der Waals surface area contributed by atoms with Gasteiger partial charge in [-0.1, -0.05) is 11.6 Å². The van der Waals surface area contributed by atoms with Gasteiger partial charge in [-0.25, -0.2) is 0 Å². The molecule has 0 radical (unpaired) electrons. The molecule has 2 aromatic carbocycles. The molecule has 0 aliphatic heterocycles. The Morgan fingerprint density at radius 3 is 2.35 bits per heavy atom. The van der Waals surface area contributed by atoms with Crippen LogP contribution in [0.1, 0.15) is 17.5 Å². The predicted molar refractivity (Wildman–Crippen MR) is 122 cm³/mol. The lowest BCUT2D eigenvalue weighted by Gasteiger charge is -2.16. The molecule has 1 heterocycles. The molecular weight excluding hydrogens is 440 g/mol. The number of furan rings is 1. The Hall–Kier alpha value is -3.10. The molecular formula is C22H21ClN2O5S. The van der Waals surface area contributed by atoms with Crippen LogP contribution < -0.4 is 20.1 Å². The summed E-state index contributed by atoms with van der Waals surface area (Å²) in [6.45, 7) is 1.80. The van der Waals surface area contributed by atoms with E-state index in [0.29, 0.717) is 27.9 Å². The molecule has 1 aromatic heterocycles. The number of hydrogen-bond donors (Lipinski definition) is 2. The third-order valence-corrected chi connectivity index (χ3v) is 5.68. The molecule has 1 unspecified atom stereocenters. The van der Waals surface area contributed by atoms with Gasteiger partial charge in [0.2, 0.25) is 5.91 Å². The summed E-state index contributed by atoms with van der Waals surface area (Å²) in [6.07, 6.45) is 1.44. The molecule has 0 fully saturated rings. The van der Waals surface area contributed by atoms with Crippen molar-refractivity contribution in [2.45, 2.75) is 17.1 Å². The van der Waals surface area contributed by atoms with E-state index in [1.54, 1.807) is 43.3 Å². The van der Waals surface area contributed by atoms with E-state index >= 15 is 0 Å². The molecule has 9 heteroatoms. The zero-order valence-electron chi connectivity index (χ0n) is 17.1. The molecule has 0 saturated heterocycles. The van der Waals surface area contributed by atoms with Crippen LogP contribution in [0.4, 0.5) is 11.4 Å². The standard InChI is InChI=1S/C22H21ClN2O5S/c1-13(21(26)25-17-11-16(23)19(28-2)12-20(17)29-3)31-15-8-6-14(7-9-15)24-22(27)18-5-4-10-30-18/h4-13H,1-3H3,(H,24,27)(H,25,26). The van der Waals surface area contributed by atoms with Gasteiger partial charge in [0.1, 0.15) is 11.5 Å². The summed E-state index contributed by atoms with van der Waals surface area (Å²) >= 11 is 7.54. The molecule has 162 valence electrons. The number of rotatable bonds is 8. The number of amides is 2. The number of hydrogen-bond acceptors (Lipinski definition) is 6. The van der Waals surface area contributed by atoms with E-state index in [1.165, 1.54) is 32.2 Å². The van der Waals surface area contributed by atoms with E-state index in [4.69, 9.17) is 25.5 Å². The Kier molecular flexibility index (Phi) is 7.49. The van der Waals surface area contributed by atoms with Gasteiger partial charge in [-0.05, 0) is 49.4 Å². The molecule has 2 amide bonds. The maximum Gasteiger partial charge on any atom is 0.291 e. The first-order valence-corrected chi connectivity index (χ1v) is 10.5. The molecule has 0 spiro atoms. The van der Waals surface area contributed by atoms with Crippen molar-refractivity contribution in [3.05, 3.63) is 65.6 Å². The number of carbonyl (C=O) groups excluding carboxylic acids is 2. The fourth-order valence-electron chi connectivity index (χ4n) is 2.67. The van der Waals surface area contributed by atoms with Crippen molar-refractivity contribution in [1.29, 1.82) is 0 Å². The van der Waals surface area contributed by atoms with Crippen LogP contribution in [-0.2, 0) is 4.79 Å². The Balaban J connectivity index is 1.61. The fraction of sp³-hybridized carbons (Fsp3) is 0.182.